The van der Waals surface area contributed by atoms with E-state index in [-0.39, 0.29) is 11.8 Å². The Bertz CT molecular complexity index is 810. The van der Waals surface area contributed by atoms with Crippen LogP contribution in [0.3, 0.4) is 0 Å². The van der Waals surface area contributed by atoms with Crippen LogP contribution in [0.25, 0.3) is 0 Å². The van der Waals surface area contributed by atoms with Gasteiger partial charge in [-0.05, 0) is 36.6 Å². The first-order chi connectivity index (χ1) is 13.3. The molecule has 0 aliphatic heterocycles. The third-order valence-electron chi connectivity index (χ3n) is 3.67. The minimum Gasteiger partial charge on any atom is -0.454 e. The predicted molar refractivity (Wildman–Crippen MR) is 106 cm³/mol. The average molecular weight is 404 g/mol. The molecule has 1 aromatic carbocycles. The highest BCUT2D eigenvalue weighted by Crippen LogP contribution is 2.10. The molecule has 0 aliphatic carbocycles. The van der Waals surface area contributed by atoms with E-state index in [4.69, 9.17) is 16.3 Å². The van der Waals surface area contributed by atoms with Gasteiger partial charge in [-0.15, -0.1) is 0 Å². The summed E-state index contributed by atoms with van der Waals surface area (Å²) in [6.07, 6.45) is 1.78. The van der Waals surface area contributed by atoms with Crippen molar-refractivity contribution in [1.82, 2.24) is 10.3 Å². The van der Waals surface area contributed by atoms with E-state index >= 15 is 0 Å². The van der Waals surface area contributed by atoms with Gasteiger partial charge in [0.25, 0.3) is 11.8 Å². The number of amides is 2. The fourth-order valence-electron chi connectivity index (χ4n) is 2.38. The lowest BCUT2D eigenvalue weighted by Gasteiger charge is -2.19. The first kappa shape index (κ1) is 21.4. The second-order valence-electron chi connectivity index (χ2n) is 6.54. The number of hydrogen-bond acceptors (Lipinski definition) is 5. The topological polar surface area (TPSA) is 97.4 Å². The Morgan fingerprint density at radius 2 is 1.82 bits per heavy atom. The van der Waals surface area contributed by atoms with E-state index in [1.165, 1.54) is 12.3 Å². The number of nitrogens with one attached hydrogen (secondary N) is 2. The third-order valence-corrected chi connectivity index (χ3v) is 3.90. The number of halogens is 1. The first-order valence-corrected chi connectivity index (χ1v) is 9.17. The molecule has 0 aliphatic rings. The number of rotatable bonds is 8. The number of carbonyl (C=O) groups is 3. The van der Waals surface area contributed by atoms with Crippen LogP contribution in [0.5, 0.6) is 0 Å². The number of pyridine rings is 1. The predicted octanol–water partition coefficient (Wildman–Crippen LogP) is 3.06. The van der Waals surface area contributed by atoms with Crippen LogP contribution in [-0.2, 0) is 14.3 Å². The first-order valence-electron chi connectivity index (χ1n) is 8.79. The molecule has 0 unspecified atom stereocenters. The zero-order chi connectivity index (χ0) is 20.5. The highest BCUT2D eigenvalue weighted by atomic mass is 35.5. The minimum atomic E-state index is -0.853. The molecule has 0 saturated carbocycles. The Labute approximate surface area is 168 Å². The van der Waals surface area contributed by atoms with E-state index in [1.54, 1.807) is 36.4 Å². The van der Waals surface area contributed by atoms with Crippen molar-refractivity contribution in [2.45, 2.75) is 26.3 Å². The van der Waals surface area contributed by atoms with Crippen molar-refractivity contribution in [1.29, 1.82) is 0 Å². The molecule has 148 valence electrons. The van der Waals surface area contributed by atoms with Crippen molar-refractivity contribution < 1.29 is 19.1 Å². The number of nitrogens with zero attached hydrogens (tertiary/aromatic N) is 1. The molecule has 0 radical (unpaired) electrons. The number of esters is 1. The summed E-state index contributed by atoms with van der Waals surface area (Å²) in [5.41, 5.74) is 0.440. The van der Waals surface area contributed by atoms with Gasteiger partial charge in [-0.1, -0.05) is 43.6 Å². The Balaban J connectivity index is 1.91. The van der Waals surface area contributed by atoms with Crippen molar-refractivity contribution >= 4 is 35.2 Å². The molecule has 1 atom stereocenters. The molecule has 28 heavy (non-hydrogen) atoms. The number of ether oxygens (including phenoxy) is 1. The summed E-state index contributed by atoms with van der Waals surface area (Å²) >= 11 is 5.73. The molecule has 1 heterocycles. The average Bonchev–Trinajstić information content (AvgIpc) is 2.67. The van der Waals surface area contributed by atoms with Crippen LogP contribution >= 0.6 is 11.6 Å². The second-order valence-corrected chi connectivity index (χ2v) is 6.98. The van der Waals surface area contributed by atoms with Crippen LogP contribution in [-0.4, -0.2) is 35.4 Å². The van der Waals surface area contributed by atoms with E-state index in [9.17, 15) is 14.4 Å². The molecule has 0 bridgehead atoms. The standard InChI is InChI=1S/C20H22ClN3O4/c1-13(2)10-16(23-19(26)14-6-4-3-5-7-14)20(27)28-12-18(25)24-17-9-8-15(21)11-22-17/h3-9,11,13,16H,10,12H2,1-2H3,(H,23,26)(H,22,24,25)/t16-/m1/s1. The highest BCUT2D eigenvalue weighted by Gasteiger charge is 2.24. The van der Waals surface area contributed by atoms with Gasteiger partial charge in [0.2, 0.25) is 0 Å². The van der Waals surface area contributed by atoms with Gasteiger partial charge in [-0.3, -0.25) is 9.59 Å². The number of benzene rings is 1. The summed E-state index contributed by atoms with van der Waals surface area (Å²) in [6, 6.07) is 10.8. The van der Waals surface area contributed by atoms with Crippen LogP contribution in [0.1, 0.15) is 30.6 Å². The van der Waals surface area contributed by atoms with Gasteiger partial charge in [0.1, 0.15) is 11.9 Å². The lowest BCUT2D eigenvalue weighted by Crippen LogP contribution is -2.43. The highest BCUT2D eigenvalue weighted by molar-refractivity contribution is 6.30. The van der Waals surface area contributed by atoms with Gasteiger partial charge >= 0.3 is 5.97 Å². The van der Waals surface area contributed by atoms with E-state index < -0.39 is 24.5 Å². The van der Waals surface area contributed by atoms with Gasteiger partial charge in [-0.25, -0.2) is 9.78 Å². The van der Waals surface area contributed by atoms with Crippen LogP contribution in [0, 0.1) is 5.92 Å². The van der Waals surface area contributed by atoms with Gasteiger partial charge in [-0.2, -0.15) is 0 Å². The molecule has 0 fully saturated rings. The molecule has 2 amide bonds. The third kappa shape index (κ3) is 7.00. The molecule has 2 aromatic rings. The second kappa shape index (κ2) is 10.4. The smallest absolute Gasteiger partial charge is 0.329 e. The number of anilines is 1. The van der Waals surface area contributed by atoms with Gasteiger partial charge < -0.3 is 15.4 Å². The molecular formula is C20H22ClN3O4. The van der Waals surface area contributed by atoms with Crippen molar-refractivity contribution in [3.05, 3.63) is 59.2 Å². The van der Waals surface area contributed by atoms with Gasteiger partial charge in [0.15, 0.2) is 6.61 Å². The summed E-state index contributed by atoms with van der Waals surface area (Å²) in [5.74, 6) is -1.15. The normalized spacial score (nSPS) is 11.6. The molecular weight excluding hydrogens is 382 g/mol. The van der Waals surface area contributed by atoms with Gasteiger partial charge in [0.05, 0.1) is 5.02 Å². The fraction of sp³-hybridized carbons (Fsp3) is 0.300. The molecule has 2 rings (SSSR count). The lowest BCUT2D eigenvalue weighted by molar-refractivity contribution is -0.149. The molecule has 8 heteroatoms. The monoisotopic (exact) mass is 403 g/mol. The van der Waals surface area contributed by atoms with Gasteiger partial charge in [0, 0.05) is 11.8 Å². The summed E-state index contributed by atoms with van der Waals surface area (Å²) < 4.78 is 5.08. The van der Waals surface area contributed by atoms with E-state index in [0.29, 0.717) is 22.8 Å². The molecule has 2 N–H and O–H groups in total. The summed E-state index contributed by atoms with van der Waals surface area (Å²) in [4.78, 5) is 40.6. The molecule has 7 nitrogen and oxygen atoms in total. The zero-order valence-corrected chi connectivity index (χ0v) is 16.4. The Morgan fingerprint density at radius 1 is 1.11 bits per heavy atom. The lowest BCUT2D eigenvalue weighted by atomic mass is 10.0. The van der Waals surface area contributed by atoms with Crippen LogP contribution in [0.2, 0.25) is 5.02 Å². The van der Waals surface area contributed by atoms with E-state index in [2.05, 4.69) is 15.6 Å². The van der Waals surface area contributed by atoms with Crippen molar-refractivity contribution in [2.75, 3.05) is 11.9 Å². The maximum absolute atomic E-state index is 12.4. The SMILES string of the molecule is CC(C)C[C@@H](NC(=O)c1ccccc1)C(=O)OCC(=O)Nc1ccc(Cl)cn1. The molecule has 0 spiro atoms. The van der Waals surface area contributed by atoms with Crippen LogP contribution < -0.4 is 10.6 Å². The van der Waals surface area contributed by atoms with Crippen molar-refractivity contribution in [3.8, 4) is 0 Å². The van der Waals surface area contributed by atoms with Crippen LogP contribution in [0.4, 0.5) is 5.82 Å². The largest absolute Gasteiger partial charge is 0.454 e. The number of aromatic nitrogens is 1. The molecule has 1 aromatic heterocycles. The zero-order valence-electron chi connectivity index (χ0n) is 15.6. The summed E-state index contributed by atoms with van der Waals surface area (Å²) in [6.45, 7) is 3.36. The number of carbonyl (C=O) groups excluding carboxylic acids is 3. The number of hydrogen-bond donors (Lipinski definition) is 2. The van der Waals surface area contributed by atoms with Crippen LogP contribution in [0.15, 0.2) is 48.7 Å². The fourth-order valence-corrected chi connectivity index (χ4v) is 2.49. The minimum absolute atomic E-state index is 0.140. The maximum atomic E-state index is 12.4. The van der Waals surface area contributed by atoms with Crippen molar-refractivity contribution in [3.63, 3.8) is 0 Å². The quantitative estimate of drug-likeness (QED) is 0.660. The Morgan fingerprint density at radius 3 is 2.43 bits per heavy atom. The van der Waals surface area contributed by atoms with Crippen molar-refractivity contribution in [2.24, 2.45) is 5.92 Å². The van der Waals surface area contributed by atoms with E-state index in [0.717, 1.165) is 0 Å². The Kier molecular flexibility index (Phi) is 7.95. The molecule has 0 saturated heterocycles. The Hall–Kier alpha value is -2.93. The summed E-state index contributed by atoms with van der Waals surface area (Å²) in [5, 5.41) is 5.61. The van der Waals surface area contributed by atoms with E-state index in [1.807, 2.05) is 13.8 Å². The maximum Gasteiger partial charge on any atom is 0.329 e. The summed E-state index contributed by atoms with van der Waals surface area (Å²) in [7, 11) is 0.